The van der Waals surface area contributed by atoms with Gasteiger partial charge in [-0.3, -0.25) is 4.68 Å². The van der Waals surface area contributed by atoms with Crippen molar-refractivity contribution in [3.63, 3.8) is 0 Å². The number of aromatic nitrogens is 2. The van der Waals surface area contributed by atoms with Gasteiger partial charge in [0.15, 0.2) is 0 Å². The molecule has 0 bridgehead atoms. The van der Waals surface area contributed by atoms with Crippen molar-refractivity contribution in [1.29, 1.82) is 0 Å². The van der Waals surface area contributed by atoms with Crippen molar-refractivity contribution in [1.82, 2.24) is 9.78 Å². The zero-order chi connectivity index (χ0) is 14.9. The molecule has 0 aromatic carbocycles. The third kappa shape index (κ3) is 2.86. The van der Waals surface area contributed by atoms with Gasteiger partial charge in [-0.05, 0) is 19.3 Å². The molecule has 1 aromatic rings. The molecular weight excluding hydrogens is 269 g/mol. The fraction of sp³-hybridized carbons (Fsp3) is 0.769. The average Bonchev–Trinajstić information content (AvgIpc) is 2.64. The second kappa shape index (κ2) is 5.54. The summed E-state index contributed by atoms with van der Waals surface area (Å²) in [5.41, 5.74) is 7.54. The van der Waals surface area contributed by atoms with Gasteiger partial charge in [-0.25, -0.2) is 0 Å². The van der Waals surface area contributed by atoms with E-state index >= 15 is 0 Å². The van der Waals surface area contributed by atoms with Crippen molar-refractivity contribution in [3.05, 3.63) is 5.69 Å². The smallest absolute Gasteiger partial charge is 0.391 e. The summed E-state index contributed by atoms with van der Waals surface area (Å²) in [4.78, 5) is 1.92. The van der Waals surface area contributed by atoms with E-state index in [0.29, 0.717) is 18.8 Å². The maximum absolute atomic E-state index is 12.7. The highest BCUT2D eigenvalue weighted by molar-refractivity contribution is 5.66. The zero-order valence-corrected chi connectivity index (χ0v) is 11.9. The molecule has 4 nitrogen and oxygen atoms in total. The van der Waals surface area contributed by atoms with Gasteiger partial charge in [-0.2, -0.15) is 18.3 Å². The molecule has 0 aliphatic carbocycles. The van der Waals surface area contributed by atoms with Gasteiger partial charge in [0, 0.05) is 20.1 Å². The minimum atomic E-state index is -4.09. The second-order valence-electron chi connectivity index (χ2n) is 5.36. The van der Waals surface area contributed by atoms with Crippen LogP contribution in [0.1, 0.15) is 31.9 Å². The van der Waals surface area contributed by atoms with Crippen LogP contribution in [0.2, 0.25) is 0 Å². The minimum Gasteiger partial charge on any atom is -0.394 e. The van der Waals surface area contributed by atoms with Gasteiger partial charge < -0.3 is 10.6 Å². The van der Waals surface area contributed by atoms with Crippen LogP contribution < -0.4 is 10.6 Å². The SMILES string of the molecule is CCCc1nn(C)c(N2CCC(C(F)(F)F)CC2)c1N. The molecule has 0 amide bonds. The Morgan fingerprint density at radius 3 is 2.40 bits per heavy atom. The number of nitrogens with zero attached hydrogens (tertiary/aromatic N) is 3. The summed E-state index contributed by atoms with van der Waals surface area (Å²) in [6.07, 6.45) is -2.11. The molecule has 1 aromatic heterocycles. The number of halogens is 3. The van der Waals surface area contributed by atoms with Crippen molar-refractivity contribution in [2.24, 2.45) is 13.0 Å². The van der Waals surface area contributed by atoms with Crippen molar-refractivity contribution in [2.45, 2.75) is 38.8 Å². The maximum atomic E-state index is 12.7. The molecule has 7 heteroatoms. The lowest BCUT2D eigenvalue weighted by Gasteiger charge is -2.34. The predicted octanol–water partition coefficient (Wildman–Crippen LogP) is 2.73. The molecule has 20 heavy (non-hydrogen) atoms. The summed E-state index contributed by atoms with van der Waals surface area (Å²) < 4.78 is 39.7. The highest BCUT2D eigenvalue weighted by Gasteiger charge is 2.41. The Bertz CT molecular complexity index is 459. The number of nitrogens with two attached hydrogens (primary N) is 1. The summed E-state index contributed by atoms with van der Waals surface area (Å²) in [6, 6.07) is 0. The molecule has 1 fully saturated rings. The monoisotopic (exact) mass is 290 g/mol. The van der Waals surface area contributed by atoms with Crippen molar-refractivity contribution >= 4 is 11.5 Å². The summed E-state index contributed by atoms with van der Waals surface area (Å²) in [6.45, 7) is 2.79. The lowest BCUT2D eigenvalue weighted by Crippen LogP contribution is -2.40. The quantitative estimate of drug-likeness (QED) is 0.931. The van der Waals surface area contributed by atoms with Crippen LogP contribution in [0.4, 0.5) is 24.7 Å². The third-order valence-corrected chi connectivity index (χ3v) is 3.87. The van der Waals surface area contributed by atoms with Gasteiger partial charge in [0.25, 0.3) is 0 Å². The lowest BCUT2D eigenvalue weighted by atomic mass is 9.96. The van der Waals surface area contributed by atoms with E-state index in [1.807, 2.05) is 11.8 Å². The highest BCUT2D eigenvalue weighted by atomic mass is 19.4. The minimum absolute atomic E-state index is 0.122. The molecular formula is C13H21F3N4. The summed E-state index contributed by atoms with van der Waals surface area (Å²) in [5, 5.41) is 4.37. The van der Waals surface area contributed by atoms with Crippen LogP contribution in [0, 0.1) is 5.92 Å². The van der Waals surface area contributed by atoms with Crippen LogP contribution in [-0.2, 0) is 13.5 Å². The fourth-order valence-corrected chi connectivity index (χ4v) is 2.80. The Kier molecular flexibility index (Phi) is 4.15. The first-order chi connectivity index (χ1) is 9.34. The first-order valence-corrected chi connectivity index (χ1v) is 6.97. The Morgan fingerprint density at radius 2 is 1.90 bits per heavy atom. The van der Waals surface area contributed by atoms with E-state index in [4.69, 9.17) is 5.73 Å². The molecule has 2 rings (SSSR count). The molecule has 1 aliphatic rings. The van der Waals surface area contributed by atoms with Crippen LogP contribution >= 0.6 is 0 Å². The molecule has 2 N–H and O–H groups in total. The first kappa shape index (κ1) is 15.0. The van der Waals surface area contributed by atoms with E-state index in [2.05, 4.69) is 5.10 Å². The maximum Gasteiger partial charge on any atom is 0.391 e. The highest BCUT2D eigenvalue weighted by Crippen LogP contribution is 2.37. The fourth-order valence-electron chi connectivity index (χ4n) is 2.80. The van der Waals surface area contributed by atoms with E-state index in [9.17, 15) is 13.2 Å². The number of piperidine rings is 1. The van der Waals surface area contributed by atoms with Crippen LogP contribution in [0.3, 0.4) is 0 Å². The van der Waals surface area contributed by atoms with Gasteiger partial charge in [0.05, 0.1) is 17.3 Å². The van der Waals surface area contributed by atoms with Gasteiger partial charge in [0.1, 0.15) is 5.82 Å². The van der Waals surface area contributed by atoms with Gasteiger partial charge >= 0.3 is 6.18 Å². The van der Waals surface area contributed by atoms with E-state index in [0.717, 1.165) is 24.4 Å². The van der Waals surface area contributed by atoms with Crippen molar-refractivity contribution < 1.29 is 13.2 Å². The molecule has 0 radical (unpaired) electrons. The standard InChI is InChI=1S/C13H21F3N4/c1-3-4-10-11(17)12(19(2)18-10)20-7-5-9(6-8-20)13(14,15)16/h9H,3-8,17H2,1-2H3. The van der Waals surface area contributed by atoms with Crippen LogP contribution in [-0.4, -0.2) is 29.0 Å². The number of nitrogen functional groups attached to an aromatic ring is 1. The molecule has 0 atom stereocenters. The van der Waals surface area contributed by atoms with Crippen LogP contribution in [0.25, 0.3) is 0 Å². The number of hydrogen-bond donors (Lipinski definition) is 1. The Morgan fingerprint density at radius 1 is 1.30 bits per heavy atom. The molecule has 0 spiro atoms. The normalized spacial score (nSPS) is 17.8. The van der Waals surface area contributed by atoms with Crippen LogP contribution in [0.15, 0.2) is 0 Å². The summed E-state index contributed by atoms with van der Waals surface area (Å²) >= 11 is 0. The van der Waals surface area contributed by atoms with Crippen molar-refractivity contribution in [2.75, 3.05) is 23.7 Å². The van der Waals surface area contributed by atoms with E-state index in [1.54, 1.807) is 11.7 Å². The molecule has 0 unspecified atom stereocenters. The molecule has 1 saturated heterocycles. The molecule has 2 heterocycles. The summed E-state index contributed by atoms with van der Waals surface area (Å²) in [7, 11) is 1.79. The number of alkyl halides is 3. The topological polar surface area (TPSA) is 47.1 Å². The Labute approximate surface area is 116 Å². The lowest BCUT2D eigenvalue weighted by molar-refractivity contribution is -0.179. The number of aryl methyl sites for hydroxylation is 2. The number of hydrogen-bond acceptors (Lipinski definition) is 3. The van der Waals surface area contributed by atoms with Crippen LogP contribution in [0.5, 0.6) is 0 Å². The number of rotatable bonds is 3. The average molecular weight is 290 g/mol. The van der Waals surface area contributed by atoms with E-state index < -0.39 is 12.1 Å². The van der Waals surface area contributed by atoms with E-state index in [1.165, 1.54) is 0 Å². The Balaban J connectivity index is 2.11. The molecule has 114 valence electrons. The van der Waals surface area contributed by atoms with Crippen molar-refractivity contribution in [3.8, 4) is 0 Å². The first-order valence-electron chi connectivity index (χ1n) is 6.97. The third-order valence-electron chi connectivity index (χ3n) is 3.87. The number of anilines is 2. The molecule has 0 saturated carbocycles. The largest absolute Gasteiger partial charge is 0.394 e. The van der Waals surface area contributed by atoms with Gasteiger partial charge in [-0.15, -0.1) is 0 Å². The van der Waals surface area contributed by atoms with Gasteiger partial charge in [-0.1, -0.05) is 13.3 Å². The Hall–Kier alpha value is -1.40. The van der Waals surface area contributed by atoms with E-state index in [-0.39, 0.29) is 12.8 Å². The predicted molar refractivity (Wildman–Crippen MR) is 72.6 cm³/mol. The summed E-state index contributed by atoms with van der Waals surface area (Å²) in [5.74, 6) is -0.433. The second-order valence-corrected chi connectivity index (χ2v) is 5.36. The molecule has 1 aliphatic heterocycles. The zero-order valence-electron chi connectivity index (χ0n) is 11.9. The van der Waals surface area contributed by atoms with Gasteiger partial charge in [0.2, 0.25) is 0 Å².